The van der Waals surface area contributed by atoms with Crippen LogP contribution < -0.4 is 9.46 Å². The van der Waals surface area contributed by atoms with Crippen LogP contribution in [0.2, 0.25) is 0 Å². The topological polar surface area (TPSA) is 58.6 Å². The molecular weight excluding hydrogens is 300 g/mol. The number of hydrogen-bond donors (Lipinski definition) is 1. The first kappa shape index (κ1) is 18.9. The third kappa shape index (κ3) is 4.97. The molecule has 1 N–H and O–H groups in total. The van der Waals surface area contributed by atoms with E-state index in [-0.39, 0.29) is 0 Å². The van der Waals surface area contributed by atoms with E-state index in [0.717, 1.165) is 31.6 Å². The third-order valence-electron chi connectivity index (χ3n) is 3.82. The maximum atomic E-state index is 12.4. The Hall–Kier alpha value is -1.11. The van der Waals surface area contributed by atoms with Gasteiger partial charge in [0.2, 0.25) is 10.0 Å². The number of rotatable bonds is 9. The van der Waals surface area contributed by atoms with Crippen molar-refractivity contribution in [3.63, 3.8) is 0 Å². The first-order valence-electron chi connectivity index (χ1n) is 7.73. The highest BCUT2D eigenvalue weighted by Gasteiger charge is 2.18. The standard InChI is InChI=1S/C16H28N2O3S/c1-6-18(7-2)10-8-9-17-22(19,20)16-12-13(3)15(21-5)11-14(16)4/h11-12,17H,6-10H2,1-5H3. The van der Waals surface area contributed by atoms with Crippen molar-refractivity contribution >= 4 is 10.0 Å². The van der Waals surface area contributed by atoms with Crippen LogP contribution in [0.4, 0.5) is 0 Å². The SMILES string of the molecule is CCN(CC)CCCNS(=O)(=O)c1cc(C)c(OC)cc1C. The predicted octanol–water partition coefficient (Wildman–Crippen LogP) is 2.32. The molecule has 0 amide bonds. The Bertz CT molecular complexity index is 581. The Balaban J connectivity index is 2.73. The zero-order valence-corrected chi connectivity index (χ0v) is 15.1. The van der Waals surface area contributed by atoms with E-state index in [1.54, 1.807) is 26.2 Å². The van der Waals surface area contributed by atoms with Gasteiger partial charge >= 0.3 is 0 Å². The van der Waals surface area contributed by atoms with Gasteiger partial charge in [0.15, 0.2) is 0 Å². The molecule has 0 aromatic heterocycles. The van der Waals surface area contributed by atoms with Gasteiger partial charge in [0.25, 0.3) is 0 Å². The van der Waals surface area contributed by atoms with E-state index in [4.69, 9.17) is 4.74 Å². The molecule has 126 valence electrons. The summed E-state index contributed by atoms with van der Waals surface area (Å²) in [7, 11) is -1.89. The van der Waals surface area contributed by atoms with Gasteiger partial charge in [-0.05, 0) is 63.2 Å². The molecule has 0 unspecified atom stereocenters. The summed E-state index contributed by atoms with van der Waals surface area (Å²) in [5.74, 6) is 0.706. The van der Waals surface area contributed by atoms with Gasteiger partial charge in [-0.2, -0.15) is 0 Å². The van der Waals surface area contributed by atoms with Gasteiger partial charge in [0.1, 0.15) is 5.75 Å². The van der Waals surface area contributed by atoms with Crippen LogP contribution in [0.15, 0.2) is 17.0 Å². The van der Waals surface area contributed by atoms with Crippen LogP contribution in [-0.4, -0.2) is 46.6 Å². The quantitative estimate of drug-likeness (QED) is 0.707. The lowest BCUT2D eigenvalue weighted by molar-refractivity contribution is 0.300. The van der Waals surface area contributed by atoms with E-state index in [9.17, 15) is 8.42 Å². The van der Waals surface area contributed by atoms with E-state index < -0.39 is 10.0 Å². The van der Waals surface area contributed by atoms with Crippen molar-refractivity contribution in [1.82, 2.24) is 9.62 Å². The zero-order chi connectivity index (χ0) is 16.8. The molecule has 0 bridgehead atoms. The first-order valence-corrected chi connectivity index (χ1v) is 9.21. The van der Waals surface area contributed by atoms with Crippen molar-refractivity contribution < 1.29 is 13.2 Å². The molecule has 1 aromatic rings. The van der Waals surface area contributed by atoms with E-state index >= 15 is 0 Å². The Morgan fingerprint density at radius 1 is 1.14 bits per heavy atom. The molecule has 0 fully saturated rings. The number of sulfonamides is 1. The number of nitrogens with one attached hydrogen (secondary N) is 1. The minimum Gasteiger partial charge on any atom is -0.496 e. The molecule has 22 heavy (non-hydrogen) atoms. The van der Waals surface area contributed by atoms with Crippen molar-refractivity contribution in [2.45, 2.75) is 39.0 Å². The van der Waals surface area contributed by atoms with Crippen LogP contribution in [0, 0.1) is 13.8 Å². The monoisotopic (exact) mass is 328 g/mol. The predicted molar refractivity (Wildman–Crippen MR) is 90.1 cm³/mol. The van der Waals surface area contributed by atoms with E-state index in [2.05, 4.69) is 23.5 Å². The molecule has 0 saturated heterocycles. The Morgan fingerprint density at radius 2 is 1.77 bits per heavy atom. The molecule has 0 aliphatic carbocycles. The Morgan fingerprint density at radius 3 is 2.32 bits per heavy atom. The van der Waals surface area contributed by atoms with Crippen molar-refractivity contribution in [2.24, 2.45) is 0 Å². The number of nitrogens with zero attached hydrogens (tertiary/aromatic N) is 1. The average molecular weight is 328 g/mol. The smallest absolute Gasteiger partial charge is 0.240 e. The highest BCUT2D eigenvalue weighted by molar-refractivity contribution is 7.89. The second-order valence-corrected chi connectivity index (χ2v) is 7.10. The van der Waals surface area contributed by atoms with Crippen LogP contribution in [0.5, 0.6) is 5.75 Å². The molecule has 1 rings (SSSR count). The van der Waals surface area contributed by atoms with E-state index in [0.29, 0.717) is 22.8 Å². The maximum Gasteiger partial charge on any atom is 0.240 e. The summed E-state index contributed by atoms with van der Waals surface area (Å²) < 4.78 is 32.8. The van der Waals surface area contributed by atoms with Gasteiger partial charge in [-0.15, -0.1) is 0 Å². The molecule has 0 radical (unpaired) electrons. The summed E-state index contributed by atoms with van der Waals surface area (Å²) in [6.07, 6.45) is 0.801. The third-order valence-corrected chi connectivity index (χ3v) is 5.42. The van der Waals surface area contributed by atoms with Gasteiger partial charge in [0, 0.05) is 6.54 Å². The van der Waals surface area contributed by atoms with Gasteiger partial charge in [-0.1, -0.05) is 13.8 Å². The molecule has 1 aromatic carbocycles. The zero-order valence-electron chi connectivity index (χ0n) is 14.3. The minimum atomic E-state index is -3.47. The van der Waals surface area contributed by atoms with Gasteiger partial charge in [0.05, 0.1) is 12.0 Å². The van der Waals surface area contributed by atoms with E-state index in [1.165, 1.54) is 0 Å². The first-order chi connectivity index (χ1) is 10.4. The number of ether oxygens (including phenoxy) is 1. The van der Waals surface area contributed by atoms with Crippen molar-refractivity contribution in [3.8, 4) is 5.75 Å². The molecule has 5 nitrogen and oxygen atoms in total. The lowest BCUT2D eigenvalue weighted by Crippen LogP contribution is -2.30. The number of hydrogen-bond acceptors (Lipinski definition) is 4. The normalized spacial score (nSPS) is 11.9. The molecule has 0 atom stereocenters. The number of benzene rings is 1. The lowest BCUT2D eigenvalue weighted by atomic mass is 10.1. The fourth-order valence-electron chi connectivity index (χ4n) is 2.40. The highest BCUT2D eigenvalue weighted by atomic mass is 32.2. The largest absolute Gasteiger partial charge is 0.496 e. The minimum absolute atomic E-state index is 0.327. The Labute approximate surface area is 134 Å². The summed E-state index contributed by atoms with van der Waals surface area (Å²) in [5, 5.41) is 0. The highest BCUT2D eigenvalue weighted by Crippen LogP contribution is 2.25. The van der Waals surface area contributed by atoms with Crippen LogP contribution in [0.1, 0.15) is 31.4 Å². The second-order valence-electron chi connectivity index (χ2n) is 5.37. The molecular formula is C16H28N2O3S. The summed E-state index contributed by atoms with van der Waals surface area (Å²) in [6.45, 7) is 11.2. The van der Waals surface area contributed by atoms with Crippen LogP contribution in [0.3, 0.4) is 0 Å². The maximum absolute atomic E-state index is 12.4. The molecule has 6 heteroatoms. The van der Waals surface area contributed by atoms with Crippen LogP contribution in [-0.2, 0) is 10.0 Å². The molecule has 0 aliphatic rings. The molecule has 0 heterocycles. The van der Waals surface area contributed by atoms with Gasteiger partial charge in [-0.3, -0.25) is 0 Å². The fourth-order valence-corrected chi connectivity index (χ4v) is 3.78. The fraction of sp³-hybridized carbons (Fsp3) is 0.625. The molecule has 0 saturated carbocycles. The lowest BCUT2D eigenvalue weighted by Gasteiger charge is -2.18. The van der Waals surface area contributed by atoms with Crippen LogP contribution >= 0.6 is 0 Å². The summed E-state index contributed by atoms with van der Waals surface area (Å²) >= 11 is 0. The molecule has 0 aliphatic heterocycles. The van der Waals surface area contributed by atoms with Crippen molar-refractivity contribution in [3.05, 3.63) is 23.3 Å². The number of aryl methyl sites for hydroxylation is 2. The average Bonchev–Trinajstić information content (AvgIpc) is 2.49. The summed E-state index contributed by atoms with van der Waals surface area (Å²) in [5.41, 5.74) is 1.51. The van der Waals surface area contributed by atoms with Gasteiger partial charge < -0.3 is 9.64 Å². The number of methoxy groups -OCH3 is 1. The van der Waals surface area contributed by atoms with Crippen molar-refractivity contribution in [1.29, 1.82) is 0 Å². The molecule has 0 spiro atoms. The van der Waals surface area contributed by atoms with Crippen molar-refractivity contribution in [2.75, 3.05) is 33.3 Å². The van der Waals surface area contributed by atoms with Gasteiger partial charge in [-0.25, -0.2) is 13.1 Å². The second kappa shape index (κ2) is 8.50. The summed E-state index contributed by atoms with van der Waals surface area (Å²) in [6, 6.07) is 3.43. The summed E-state index contributed by atoms with van der Waals surface area (Å²) in [4.78, 5) is 2.60. The Kier molecular flexibility index (Phi) is 7.32. The van der Waals surface area contributed by atoms with Crippen LogP contribution in [0.25, 0.3) is 0 Å². The van der Waals surface area contributed by atoms with E-state index in [1.807, 2.05) is 6.92 Å².